The number of aryl methyl sites for hydroxylation is 12. The zero-order chi connectivity index (χ0) is 93.1. The fourth-order valence-electron chi connectivity index (χ4n) is 12.1. The molecule has 12 nitrogen and oxygen atoms in total. The molecule has 6 aromatic carbocycles. The van der Waals surface area contributed by atoms with Gasteiger partial charge in [-0.15, -0.1) is 162 Å². The summed E-state index contributed by atoms with van der Waals surface area (Å²) in [5.41, 5.74) is 17.1. The van der Waals surface area contributed by atoms with Crippen molar-refractivity contribution in [3.8, 4) is 67.5 Å². The monoisotopic (exact) mass is 2050 g/mol. The number of nitrogens with zero attached hydrogens (tertiary/aromatic N) is 9. The minimum Gasteiger partial charge on any atom is -0.486 e. The van der Waals surface area contributed by atoms with Crippen LogP contribution in [0.2, 0.25) is 0 Å². The molecule has 0 aliphatic carbocycles. The molecular formula is C99H87Ir3N9O3-6. The fourth-order valence-corrected chi connectivity index (χ4v) is 12.1. The molecule has 12 aromatic heterocycles. The molecule has 0 N–H and O–H groups in total. The van der Waals surface area contributed by atoms with Gasteiger partial charge in [-0.1, -0.05) is 145 Å². The van der Waals surface area contributed by atoms with Crippen molar-refractivity contribution in [1.29, 1.82) is 0 Å². The van der Waals surface area contributed by atoms with E-state index in [1.807, 2.05) is 160 Å². The van der Waals surface area contributed by atoms with Crippen LogP contribution in [0, 0.1) is 77.8 Å². The Hall–Kier alpha value is -11.0. The summed E-state index contributed by atoms with van der Waals surface area (Å²) >= 11 is 0. The summed E-state index contributed by atoms with van der Waals surface area (Å²) in [6, 6.07) is 79.8. The van der Waals surface area contributed by atoms with Crippen molar-refractivity contribution < 1.29 is 98.2 Å². The van der Waals surface area contributed by atoms with Crippen LogP contribution in [-0.4, -0.2) is 44.9 Å². The fraction of sp³-hybridized carbons (Fsp3) is 0.182. The molecule has 0 bridgehead atoms. The SMILES string of the molecule is [2H]C([2H])(C)c1cnc(-c2[c-]ccc3c2oc2nc(C)ccc23)cc1C([2H])([2H])C.[2H]C([2H])(C)c1cnc(-c2[c-]ccc3c2oc2nc(C)ccc23)cc1C([2H])([2H])C.[2H]C([2H])(C)c1cnc(-c2[c-]ccc3c2oc2nc(C)ccc23)cc1C([2H])([2H])C.[2H]C([2H])([2H])c1ccc(-c2[c-]cccc2)nc1.[2H]C([2H])([2H])c1cnc(-c2[c-]cccc2)cc1C.[Ir].[Ir].[Ir].[c-]1ccccc1-c1ccccn1. The van der Waals surface area contributed by atoms with Crippen LogP contribution >= 0.6 is 0 Å². The van der Waals surface area contributed by atoms with Crippen LogP contribution in [-0.2, 0) is 98.6 Å². The number of rotatable bonds is 12. The van der Waals surface area contributed by atoms with Crippen LogP contribution in [0.5, 0.6) is 0 Å². The first-order valence-corrected chi connectivity index (χ1v) is 35.6. The second kappa shape index (κ2) is 40.7. The summed E-state index contributed by atoms with van der Waals surface area (Å²) in [4.78, 5) is 39.1. The summed E-state index contributed by atoms with van der Waals surface area (Å²) < 4.78 is 159. The number of pyridine rings is 9. The summed E-state index contributed by atoms with van der Waals surface area (Å²) in [5, 5.41) is 5.33. The first-order valence-electron chi connectivity index (χ1n) is 44.6. The maximum atomic E-state index is 8.16. The van der Waals surface area contributed by atoms with Gasteiger partial charge in [0.25, 0.3) is 0 Å². The zero-order valence-corrected chi connectivity index (χ0v) is 71.0. The molecule has 0 atom stereocenters. The Balaban J connectivity index is 0.000000167. The molecule has 114 heavy (non-hydrogen) atoms. The van der Waals surface area contributed by atoms with Crippen molar-refractivity contribution in [2.45, 2.75) is 121 Å². The Morgan fingerprint density at radius 3 is 1.00 bits per heavy atom. The smallest absolute Gasteiger partial charge is 0.216 e. The van der Waals surface area contributed by atoms with Gasteiger partial charge in [-0.3, -0.25) is 0 Å². The summed E-state index contributed by atoms with van der Waals surface area (Å²) in [6.45, 7) is 11.7. The van der Waals surface area contributed by atoms with Crippen LogP contribution in [0.15, 0.2) is 251 Å². The Morgan fingerprint density at radius 1 is 0.307 bits per heavy atom. The predicted octanol–water partition coefficient (Wildman–Crippen LogP) is 24.4. The number of hydrogen-bond donors (Lipinski definition) is 0. The predicted molar refractivity (Wildman–Crippen MR) is 451 cm³/mol. The third-order valence-electron chi connectivity index (χ3n) is 17.9. The molecule has 0 saturated carbocycles. The Kier molecular flexibility index (Phi) is 22.6. The molecule has 0 amide bonds. The van der Waals surface area contributed by atoms with Crippen LogP contribution in [0.3, 0.4) is 0 Å². The van der Waals surface area contributed by atoms with Crippen LogP contribution in [0.25, 0.3) is 134 Å². The normalized spacial score (nSPS) is 13.9. The standard InChI is InChI=1S/3C21H19N2O.C13H12N.C12H10N.C11H8N.3Ir/c3*1-4-14-11-19(22-12-15(14)5-2)18-8-6-7-16-17-10-9-13(3)23-21(17)24-20(16)18;1-10-8-13(14-9-11(10)2)12-6-4-3-5-7-12;1-10-7-8-12(13-9-10)11-5-3-2-4-6-11;1-2-6-10(7-3-1)11-8-4-5-9-12-11;;;/h3*6-7,9-12H,4-5H2,1-3H3;3-6,8-9H,1-2H3;2-5,7-9H,1H3;1-6,8-9H;;;/q6*-1;;;/i3*4D2,5D2;2D3;1D3;;;;. The minimum absolute atomic E-state index is 0. The van der Waals surface area contributed by atoms with E-state index in [0.717, 1.165) is 88.7 Å². The van der Waals surface area contributed by atoms with Gasteiger partial charge in [0.05, 0.1) is 16.7 Å². The first-order chi connectivity index (χ1) is 60.7. The molecule has 15 heteroatoms. The Labute approximate surface area is 734 Å². The van der Waals surface area contributed by atoms with Gasteiger partial charge in [0.15, 0.2) is 0 Å². The van der Waals surface area contributed by atoms with Gasteiger partial charge in [0, 0.05) is 155 Å². The van der Waals surface area contributed by atoms with Gasteiger partial charge in [-0.05, 0) is 184 Å². The molecule has 12 heterocycles. The summed E-state index contributed by atoms with van der Waals surface area (Å²) in [7, 11) is 0. The van der Waals surface area contributed by atoms with Crippen molar-refractivity contribution in [1.82, 2.24) is 44.9 Å². The second-order valence-corrected chi connectivity index (χ2v) is 25.2. The van der Waals surface area contributed by atoms with Crippen LogP contribution in [0.4, 0.5) is 0 Å². The van der Waals surface area contributed by atoms with Crippen molar-refractivity contribution in [3.05, 3.63) is 341 Å². The number of hydrogen-bond acceptors (Lipinski definition) is 12. The van der Waals surface area contributed by atoms with Gasteiger partial charge >= 0.3 is 0 Å². The number of aromatic nitrogens is 9. The van der Waals surface area contributed by atoms with E-state index >= 15 is 0 Å². The van der Waals surface area contributed by atoms with E-state index in [9.17, 15) is 0 Å². The molecule has 3 radical (unpaired) electrons. The van der Waals surface area contributed by atoms with E-state index in [4.69, 9.17) is 37.9 Å². The van der Waals surface area contributed by atoms with Gasteiger partial charge < -0.3 is 43.2 Å². The van der Waals surface area contributed by atoms with Crippen LogP contribution in [0.1, 0.15) is 133 Å². The molecule has 18 rings (SSSR count). The van der Waals surface area contributed by atoms with E-state index in [-0.39, 0.29) is 99.3 Å². The zero-order valence-electron chi connectivity index (χ0n) is 81.8. The molecular weight excluding hydrogens is 1940 g/mol. The summed E-state index contributed by atoms with van der Waals surface area (Å²) in [5.74, 6) is 0. The molecule has 18 aromatic rings. The number of benzene rings is 6. The Bertz CT molecular complexity index is 6550. The minimum atomic E-state index is -2.10. The van der Waals surface area contributed by atoms with E-state index in [2.05, 4.69) is 81.3 Å². The topological polar surface area (TPSA) is 155 Å². The van der Waals surface area contributed by atoms with E-state index < -0.39 is 51.9 Å². The quantitative estimate of drug-likeness (QED) is 0.107. The first kappa shape index (κ1) is 63.4. The molecule has 0 aliphatic heterocycles. The van der Waals surface area contributed by atoms with Crippen LogP contribution < -0.4 is 0 Å². The number of furan rings is 3. The molecule has 0 saturated heterocycles. The average Bonchev–Trinajstić information content (AvgIpc) is 1.58. The van der Waals surface area contributed by atoms with Crippen molar-refractivity contribution in [3.63, 3.8) is 0 Å². The third kappa shape index (κ3) is 20.1. The number of fused-ring (bicyclic) bond motifs is 9. The average molecular weight is 2050 g/mol. The molecule has 579 valence electrons. The van der Waals surface area contributed by atoms with Gasteiger partial charge in [0.1, 0.15) is 0 Å². The Morgan fingerprint density at radius 2 is 0.675 bits per heavy atom. The summed E-state index contributed by atoms with van der Waals surface area (Å²) in [6.07, 6.45) is -1.47. The van der Waals surface area contributed by atoms with Gasteiger partial charge in [0.2, 0.25) is 17.1 Å². The second-order valence-electron chi connectivity index (χ2n) is 25.2. The van der Waals surface area contributed by atoms with Crippen molar-refractivity contribution >= 4 is 66.2 Å². The molecule has 0 aliphatic rings. The largest absolute Gasteiger partial charge is 0.486 e. The van der Waals surface area contributed by atoms with E-state index in [1.165, 1.54) is 72.5 Å². The third-order valence-corrected chi connectivity index (χ3v) is 17.9. The van der Waals surface area contributed by atoms with Gasteiger partial charge in [-0.2, -0.15) is 0 Å². The van der Waals surface area contributed by atoms with E-state index in [0.29, 0.717) is 73.2 Å². The van der Waals surface area contributed by atoms with E-state index in [1.54, 1.807) is 73.8 Å². The van der Waals surface area contributed by atoms with Gasteiger partial charge in [-0.25, -0.2) is 15.0 Å². The van der Waals surface area contributed by atoms with Crippen molar-refractivity contribution in [2.75, 3.05) is 0 Å². The molecule has 0 unspecified atom stereocenters. The maximum absolute atomic E-state index is 8.16. The maximum Gasteiger partial charge on any atom is 0.216 e. The molecule has 0 fully saturated rings. The van der Waals surface area contributed by atoms with Crippen molar-refractivity contribution in [2.24, 2.45) is 0 Å². The molecule has 0 spiro atoms.